The van der Waals surface area contributed by atoms with Crippen molar-refractivity contribution >= 4 is 5.97 Å². The maximum atomic E-state index is 11.5. The predicted octanol–water partition coefficient (Wildman–Crippen LogP) is 1.46. The van der Waals surface area contributed by atoms with Gasteiger partial charge in [-0.1, -0.05) is 12.1 Å². The first kappa shape index (κ1) is 15.6. The van der Waals surface area contributed by atoms with Gasteiger partial charge in [-0.15, -0.1) is 0 Å². The number of carbonyl (C=O) groups is 1. The molecule has 1 heterocycles. The van der Waals surface area contributed by atoms with Gasteiger partial charge in [0.2, 0.25) is 0 Å². The molecule has 1 aromatic rings. The lowest BCUT2D eigenvalue weighted by atomic mass is 10.1. The number of aliphatic hydroxyl groups excluding tert-OH is 1. The third kappa shape index (κ3) is 3.65. The van der Waals surface area contributed by atoms with E-state index in [4.69, 9.17) is 14.2 Å². The molecule has 1 unspecified atom stereocenters. The fourth-order valence-corrected chi connectivity index (χ4v) is 2.27. The lowest BCUT2D eigenvalue weighted by Gasteiger charge is -2.25. The van der Waals surface area contributed by atoms with Crippen molar-refractivity contribution < 1.29 is 28.8 Å². The molecule has 1 aliphatic heterocycles. The van der Waals surface area contributed by atoms with Crippen LogP contribution in [-0.4, -0.2) is 44.6 Å². The van der Waals surface area contributed by atoms with Crippen LogP contribution in [0.4, 0.5) is 0 Å². The quantitative estimate of drug-likeness (QED) is 0.829. The minimum absolute atomic E-state index is 0.0400. The van der Waals surface area contributed by atoms with Gasteiger partial charge in [-0.2, -0.15) is 0 Å². The Morgan fingerprint density at radius 3 is 2.67 bits per heavy atom. The highest BCUT2D eigenvalue weighted by Gasteiger charge is 2.25. The number of ether oxygens (including phenoxy) is 4. The summed E-state index contributed by atoms with van der Waals surface area (Å²) >= 11 is 0. The Morgan fingerprint density at radius 2 is 2.05 bits per heavy atom. The molecule has 1 aromatic carbocycles. The standard InChI is InChI=1S/C15H20O6/c1-18-14-11(13(16)15(17)19-2)4-3-5-12(14)21-10-6-8-20-9-7-10/h3-5,10,13,16H,6-9H2,1-2H3. The molecule has 21 heavy (non-hydrogen) atoms. The maximum Gasteiger partial charge on any atom is 0.339 e. The Morgan fingerprint density at radius 1 is 1.33 bits per heavy atom. The molecule has 116 valence electrons. The summed E-state index contributed by atoms with van der Waals surface area (Å²) in [5.74, 6) is 0.114. The van der Waals surface area contributed by atoms with E-state index in [1.165, 1.54) is 14.2 Å². The number of para-hydroxylation sites is 1. The van der Waals surface area contributed by atoms with Crippen molar-refractivity contribution in [3.63, 3.8) is 0 Å². The first-order valence-corrected chi connectivity index (χ1v) is 6.84. The summed E-state index contributed by atoms with van der Waals surface area (Å²) in [6.45, 7) is 1.33. The third-order valence-corrected chi connectivity index (χ3v) is 3.39. The van der Waals surface area contributed by atoms with Crippen LogP contribution in [0.2, 0.25) is 0 Å². The van der Waals surface area contributed by atoms with Gasteiger partial charge in [-0.05, 0) is 6.07 Å². The maximum absolute atomic E-state index is 11.5. The Hall–Kier alpha value is -1.79. The van der Waals surface area contributed by atoms with Gasteiger partial charge < -0.3 is 24.1 Å². The minimum Gasteiger partial charge on any atom is -0.492 e. The van der Waals surface area contributed by atoms with Crippen molar-refractivity contribution in [3.8, 4) is 11.5 Å². The van der Waals surface area contributed by atoms with E-state index in [0.717, 1.165) is 12.8 Å². The molecule has 0 radical (unpaired) electrons. The first-order valence-electron chi connectivity index (χ1n) is 6.84. The van der Waals surface area contributed by atoms with Crippen molar-refractivity contribution in [1.29, 1.82) is 0 Å². The largest absolute Gasteiger partial charge is 0.492 e. The van der Waals surface area contributed by atoms with Gasteiger partial charge in [0, 0.05) is 18.4 Å². The number of carbonyl (C=O) groups excluding carboxylic acids is 1. The van der Waals surface area contributed by atoms with Crippen molar-refractivity contribution in [2.24, 2.45) is 0 Å². The average molecular weight is 296 g/mol. The van der Waals surface area contributed by atoms with Gasteiger partial charge in [0.1, 0.15) is 6.10 Å². The highest BCUT2D eigenvalue weighted by Crippen LogP contribution is 2.36. The normalized spacial score (nSPS) is 17.1. The van der Waals surface area contributed by atoms with E-state index in [0.29, 0.717) is 30.3 Å². The van der Waals surface area contributed by atoms with E-state index in [1.807, 2.05) is 0 Å². The van der Waals surface area contributed by atoms with Gasteiger partial charge in [0.15, 0.2) is 17.6 Å². The molecular weight excluding hydrogens is 276 g/mol. The molecule has 0 aromatic heterocycles. The van der Waals surface area contributed by atoms with Gasteiger partial charge in [0.25, 0.3) is 0 Å². The van der Waals surface area contributed by atoms with Crippen LogP contribution in [0, 0.1) is 0 Å². The van der Waals surface area contributed by atoms with E-state index in [9.17, 15) is 9.90 Å². The van der Waals surface area contributed by atoms with Crippen molar-refractivity contribution in [1.82, 2.24) is 0 Å². The monoisotopic (exact) mass is 296 g/mol. The third-order valence-electron chi connectivity index (χ3n) is 3.39. The van der Waals surface area contributed by atoms with Crippen molar-refractivity contribution in [2.75, 3.05) is 27.4 Å². The fourth-order valence-electron chi connectivity index (χ4n) is 2.27. The van der Waals surface area contributed by atoms with E-state index in [2.05, 4.69) is 4.74 Å². The van der Waals surface area contributed by atoms with Gasteiger partial charge in [-0.25, -0.2) is 4.79 Å². The average Bonchev–Trinajstić information content (AvgIpc) is 2.54. The van der Waals surface area contributed by atoms with Crippen LogP contribution in [-0.2, 0) is 14.3 Å². The van der Waals surface area contributed by atoms with E-state index >= 15 is 0 Å². The molecule has 0 amide bonds. The minimum atomic E-state index is -1.40. The van der Waals surface area contributed by atoms with Crippen LogP contribution in [0.5, 0.6) is 11.5 Å². The molecule has 1 atom stereocenters. The Balaban J connectivity index is 2.23. The van der Waals surface area contributed by atoms with E-state index in [1.54, 1.807) is 18.2 Å². The molecule has 2 rings (SSSR count). The van der Waals surface area contributed by atoms with E-state index < -0.39 is 12.1 Å². The predicted molar refractivity (Wildman–Crippen MR) is 74.4 cm³/mol. The molecule has 1 aliphatic rings. The number of benzene rings is 1. The molecule has 1 N–H and O–H groups in total. The number of hydrogen-bond donors (Lipinski definition) is 1. The molecule has 1 saturated heterocycles. The van der Waals surface area contributed by atoms with Crippen molar-refractivity contribution in [2.45, 2.75) is 25.0 Å². The SMILES string of the molecule is COC(=O)C(O)c1cccc(OC2CCOCC2)c1OC. The molecule has 0 aliphatic carbocycles. The molecule has 6 heteroatoms. The molecule has 0 spiro atoms. The highest BCUT2D eigenvalue weighted by molar-refractivity contribution is 5.77. The van der Waals surface area contributed by atoms with Crippen LogP contribution in [0.15, 0.2) is 18.2 Å². The lowest BCUT2D eigenvalue weighted by Crippen LogP contribution is -2.26. The topological polar surface area (TPSA) is 74.2 Å². The number of aliphatic hydroxyl groups is 1. The lowest BCUT2D eigenvalue weighted by molar-refractivity contribution is -0.150. The van der Waals surface area contributed by atoms with Gasteiger partial charge >= 0.3 is 5.97 Å². The summed E-state index contributed by atoms with van der Waals surface area (Å²) in [5, 5.41) is 10.0. The number of methoxy groups -OCH3 is 2. The van der Waals surface area contributed by atoms with Crippen molar-refractivity contribution in [3.05, 3.63) is 23.8 Å². The number of rotatable bonds is 5. The molecular formula is C15H20O6. The highest BCUT2D eigenvalue weighted by atomic mass is 16.5. The Bertz CT molecular complexity index is 481. The number of esters is 1. The Labute approximate surface area is 123 Å². The molecule has 1 fully saturated rings. The summed E-state index contributed by atoms with van der Waals surface area (Å²) in [7, 11) is 2.69. The second-order valence-electron chi connectivity index (χ2n) is 4.73. The fraction of sp³-hybridized carbons (Fsp3) is 0.533. The first-order chi connectivity index (χ1) is 10.2. The molecule has 6 nitrogen and oxygen atoms in total. The molecule has 0 bridgehead atoms. The summed E-state index contributed by atoms with van der Waals surface area (Å²) < 4.78 is 21.1. The van der Waals surface area contributed by atoms with Crippen LogP contribution in [0.25, 0.3) is 0 Å². The van der Waals surface area contributed by atoms with Crippen LogP contribution in [0.1, 0.15) is 24.5 Å². The summed E-state index contributed by atoms with van der Waals surface area (Å²) in [6.07, 6.45) is 0.237. The zero-order valence-corrected chi connectivity index (χ0v) is 12.2. The number of hydrogen-bond acceptors (Lipinski definition) is 6. The zero-order valence-electron chi connectivity index (χ0n) is 12.2. The van der Waals surface area contributed by atoms with Gasteiger partial charge in [0.05, 0.1) is 27.4 Å². The van der Waals surface area contributed by atoms with E-state index in [-0.39, 0.29) is 6.10 Å². The Kier molecular flexibility index (Phi) is 5.41. The van der Waals surface area contributed by atoms with Crippen LogP contribution >= 0.6 is 0 Å². The summed E-state index contributed by atoms with van der Waals surface area (Å²) in [6, 6.07) is 5.07. The molecule has 0 saturated carbocycles. The second-order valence-corrected chi connectivity index (χ2v) is 4.73. The summed E-state index contributed by atoms with van der Waals surface area (Å²) in [4.78, 5) is 11.5. The summed E-state index contributed by atoms with van der Waals surface area (Å²) in [5.41, 5.74) is 0.328. The second kappa shape index (κ2) is 7.28. The van der Waals surface area contributed by atoms with Gasteiger partial charge in [-0.3, -0.25) is 0 Å². The smallest absolute Gasteiger partial charge is 0.339 e. The van der Waals surface area contributed by atoms with Crippen LogP contribution in [0.3, 0.4) is 0 Å². The van der Waals surface area contributed by atoms with Crippen LogP contribution < -0.4 is 9.47 Å². The zero-order chi connectivity index (χ0) is 15.2.